The highest BCUT2D eigenvalue weighted by Crippen LogP contribution is 2.28. The van der Waals surface area contributed by atoms with Crippen LogP contribution in [-0.2, 0) is 16.6 Å². The Morgan fingerprint density at radius 3 is 2.76 bits per heavy atom. The van der Waals surface area contributed by atoms with Crippen LogP contribution in [0.3, 0.4) is 0 Å². The summed E-state index contributed by atoms with van der Waals surface area (Å²) < 4.78 is 25.9. The number of sulfonamides is 1. The largest absolute Gasteiger partial charge is 0.399 e. The molecule has 2 rings (SSSR count). The van der Waals surface area contributed by atoms with Crippen LogP contribution in [0.5, 0.6) is 0 Å². The molecule has 0 saturated carbocycles. The van der Waals surface area contributed by atoms with Crippen molar-refractivity contribution in [3.05, 3.63) is 46.3 Å². The van der Waals surface area contributed by atoms with Crippen molar-refractivity contribution in [3.8, 4) is 0 Å². The van der Waals surface area contributed by atoms with E-state index >= 15 is 0 Å². The van der Waals surface area contributed by atoms with Gasteiger partial charge in [0.2, 0.25) is 10.0 Å². The summed E-state index contributed by atoms with van der Waals surface area (Å²) in [6, 6.07) is 3.47. The molecule has 0 spiro atoms. The molecule has 0 fully saturated rings. The monoisotopic (exact) mass is 311 g/mol. The number of H-pyrrole nitrogens is 1. The summed E-state index contributed by atoms with van der Waals surface area (Å²) in [6.07, 6.45) is 3.02. The molecule has 9 nitrogen and oxygen atoms in total. The molecule has 1 heterocycles. The van der Waals surface area contributed by atoms with Gasteiger partial charge in [-0.1, -0.05) is 0 Å². The maximum atomic E-state index is 12.4. The van der Waals surface area contributed by atoms with Crippen LogP contribution in [0.15, 0.2) is 35.5 Å². The van der Waals surface area contributed by atoms with Crippen molar-refractivity contribution >= 4 is 21.4 Å². The average Bonchev–Trinajstić information content (AvgIpc) is 2.91. The normalized spacial score (nSPS) is 11.7. The zero-order valence-corrected chi connectivity index (χ0v) is 11.9. The lowest BCUT2D eigenvalue weighted by Crippen LogP contribution is -2.27. The number of aromatic nitrogens is 2. The Bertz CT molecular complexity index is 757. The number of hydrogen-bond acceptors (Lipinski definition) is 6. The van der Waals surface area contributed by atoms with Crippen molar-refractivity contribution in [1.82, 2.24) is 14.5 Å². The van der Waals surface area contributed by atoms with Gasteiger partial charge >= 0.3 is 0 Å². The Morgan fingerprint density at radius 1 is 1.48 bits per heavy atom. The van der Waals surface area contributed by atoms with Crippen molar-refractivity contribution in [2.75, 3.05) is 12.8 Å². The molecule has 0 radical (unpaired) electrons. The van der Waals surface area contributed by atoms with Gasteiger partial charge in [-0.2, -0.15) is 9.40 Å². The van der Waals surface area contributed by atoms with E-state index in [2.05, 4.69) is 10.2 Å². The number of nitrogens with one attached hydrogen (secondary N) is 1. The van der Waals surface area contributed by atoms with Crippen LogP contribution in [0.1, 0.15) is 5.56 Å². The van der Waals surface area contributed by atoms with E-state index in [1.54, 1.807) is 6.20 Å². The number of aromatic amines is 1. The molecule has 0 saturated heterocycles. The van der Waals surface area contributed by atoms with Crippen LogP contribution < -0.4 is 5.73 Å². The molecule has 1 aromatic carbocycles. The second-order valence-electron chi connectivity index (χ2n) is 4.35. The maximum Gasteiger partial charge on any atom is 0.291 e. The van der Waals surface area contributed by atoms with E-state index in [4.69, 9.17) is 5.73 Å². The zero-order valence-electron chi connectivity index (χ0n) is 11.1. The van der Waals surface area contributed by atoms with Gasteiger partial charge in [0.05, 0.1) is 11.1 Å². The minimum atomic E-state index is -4.01. The molecule has 2 aromatic rings. The summed E-state index contributed by atoms with van der Waals surface area (Å²) in [5, 5.41) is 17.3. The van der Waals surface area contributed by atoms with E-state index in [1.807, 2.05) is 0 Å². The van der Waals surface area contributed by atoms with Gasteiger partial charge in [-0.3, -0.25) is 15.2 Å². The van der Waals surface area contributed by atoms with Crippen LogP contribution in [0.25, 0.3) is 0 Å². The molecule has 10 heteroatoms. The lowest BCUT2D eigenvalue weighted by Gasteiger charge is -2.16. The third-order valence-electron chi connectivity index (χ3n) is 2.83. The molecule has 1 aromatic heterocycles. The lowest BCUT2D eigenvalue weighted by molar-refractivity contribution is -0.387. The Hall–Kier alpha value is -2.46. The third kappa shape index (κ3) is 3.01. The molecule has 0 atom stereocenters. The quantitative estimate of drug-likeness (QED) is 0.474. The van der Waals surface area contributed by atoms with E-state index in [9.17, 15) is 18.5 Å². The molecular weight excluding hydrogens is 298 g/mol. The van der Waals surface area contributed by atoms with Gasteiger partial charge < -0.3 is 5.73 Å². The van der Waals surface area contributed by atoms with Gasteiger partial charge in [0, 0.05) is 37.1 Å². The van der Waals surface area contributed by atoms with Gasteiger partial charge in [-0.05, 0) is 12.1 Å². The maximum absolute atomic E-state index is 12.4. The number of anilines is 1. The number of nitro benzene ring substituents is 1. The summed E-state index contributed by atoms with van der Waals surface area (Å²) >= 11 is 0. The summed E-state index contributed by atoms with van der Waals surface area (Å²) in [5.74, 6) is 0. The minimum Gasteiger partial charge on any atom is -0.399 e. The first-order valence-electron chi connectivity index (χ1n) is 5.80. The first kappa shape index (κ1) is 14.9. The zero-order chi connectivity index (χ0) is 15.6. The average molecular weight is 311 g/mol. The fraction of sp³-hybridized carbons (Fsp3) is 0.182. The third-order valence-corrected chi connectivity index (χ3v) is 4.68. The molecule has 0 aliphatic carbocycles. The molecule has 0 unspecified atom stereocenters. The van der Waals surface area contributed by atoms with Crippen molar-refractivity contribution in [2.24, 2.45) is 0 Å². The Morgan fingerprint density at radius 2 is 2.19 bits per heavy atom. The van der Waals surface area contributed by atoms with Gasteiger partial charge in [0.15, 0.2) is 4.90 Å². The Balaban J connectivity index is 2.41. The topological polar surface area (TPSA) is 135 Å². The molecule has 3 N–H and O–H groups in total. The summed E-state index contributed by atoms with van der Waals surface area (Å²) in [7, 11) is -2.68. The Kier molecular flexibility index (Phi) is 3.91. The number of hydrogen-bond donors (Lipinski definition) is 2. The molecule has 0 amide bonds. The molecule has 0 aliphatic rings. The van der Waals surface area contributed by atoms with E-state index in [0.717, 1.165) is 16.4 Å². The lowest BCUT2D eigenvalue weighted by atomic mass is 10.3. The number of nitro groups is 1. The molecule has 112 valence electrons. The highest BCUT2D eigenvalue weighted by molar-refractivity contribution is 7.89. The van der Waals surface area contributed by atoms with Gasteiger partial charge in [0.25, 0.3) is 5.69 Å². The second kappa shape index (κ2) is 5.50. The summed E-state index contributed by atoms with van der Waals surface area (Å²) in [4.78, 5) is 9.85. The standard InChI is InChI=1S/C11H13N5O4S/c1-15(7-8-5-13-14-6-8)21(19,20)11-3-2-9(12)4-10(11)16(17)18/h2-6H,7,12H2,1H3,(H,13,14). The van der Waals surface area contributed by atoms with Crippen LogP contribution in [0.4, 0.5) is 11.4 Å². The summed E-state index contributed by atoms with van der Waals surface area (Å²) in [5.41, 5.74) is 5.68. The highest BCUT2D eigenvalue weighted by atomic mass is 32.2. The number of benzene rings is 1. The molecule has 0 bridgehead atoms. The van der Waals surface area contributed by atoms with Crippen molar-refractivity contribution in [3.63, 3.8) is 0 Å². The van der Waals surface area contributed by atoms with E-state index < -0.39 is 25.5 Å². The van der Waals surface area contributed by atoms with E-state index in [-0.39, 0.29) is 12.2 Å². The summed E-state index contributed by atoms with van der Waals surface area (Å²) in [6.45, 7) is 0.0420. The predicted molar refractivity (Wildman–Crippen MR) is 74.7 cm³/mol. The number of nitrogens with two attached hydrogens (primary N) is 1. The van der Waals surface area contributed by atoms with Crippen molar-refractivity contribution < 1.29 is 13.3 Å². The Labute approximate surface area is 120 Å². The second-order valence-corrected chi connectivity index (χ2v) is 6.37. The van der Waals surface area contributed by atoms with Crippen LogP contribution in [-0.4, -0.2) is 34.9 Å². The van der Waals surface area contributed by atoms with Crippen molar-refractivity contribution in [2.45, 2.75) is 11.4 Å². The SMILES string of the molecule is CN(Cc1cn[nH]c1)S(=O)(=O)c1ccc(N)cc1[N+](=O)[O-]. The van der Waals surface area contributed by atoms with Crippen LogP contribution >= 0.6 is 0 Å². The fourth-order valence-electron chi connectivity index (χ4n) is 1.77. The minimum absolute atomic E-state index is 0.0420. The number of nitrogens with zero attached hydrogens (tertiary/aromatic N) is 3. The van der Waals surface area contributed by atoms with Gasteiger partial charge in [-0.15, -0.1) is 0 Å². The van der Waals surface area contributed by atoms with Crippen LogP contribution in [0.2, 0.25) is 0 Å². The number of rotatable bonds is 5. The van der Waals surface area contributed by atoms with E-state index in [0.29, 0.717) is 5.56 Å². The highest BCUT2D eigenvalue weighted by Gasteiger charge is 2.29. The first-order chi connectivity index (χ1) is 9.82. The predicted octanol–water partition coefficient (Wildman–Crippen LogP) is 0.721. The number of nitrogen functional groups attached to an aromatic ring is 1. The molecule has 21 heavy (non-hydrogen) atoms. The smallest absolute Gasteiger partial charge is 0.291 e. The molecule has 0 aliphatic heterocycles. The van der Waals surface area contributed by atoms with Gasteiger partial charge in [-0.25, -0.2) is 8.42 Å². The molecular formula is C11H13N5O4S. The van der Waals surface area contributed by atoms with E-state index in [1.165, 1.54) is 19.3 Å². The van der Waals surface area contributed by atoms with Crippen molar-refractivity contribution in [1.29, 1.82) is 0 Å². The van der Waals surface area contributed by atoms with Gasteiger partial charge in [0.1, 0.15) is 0 Å². The van der Waals surface area contributed by atoms with Crippen LogP contribution in [0, 0.1) is 10.1 Å². The first-order valence-corrected chi connectivity index (χ1v) is 7.24. The fourth-order valence-corrected chi connectivity index (χ4v) is 3.06.